The molecule has 0 bridgehead atoms. The van der Waals surface area contributed by atoms with Gasteiger partial charge < -0.3 is 10.1 Å². The Morgan fingerprint density at radius 3 is 2.96 bits per heavy atom. The molecule has 3 aromatic rings. The number of amides is 1. The van der Waals surface area contributed by atoms with Crippen molar-refractivity contribution in [1.29, 1.82) is 0 Å². The molecule has 1 atom stereocenters. The first-order valence-electron chi connectivity index (χ1n) is 9.45. The van der Waals surface area contributed by atoms with Crippen LogP contribution in [0.25, 0.3) is 21.3 Å². The molecule has 28 heavy (non-hydrogen) atoms. The van der Waals surface area contributed by atoms with Gasteiger partial charge in [-0.25, -0.2) is 4.98 Å². The number of carbonyl (C=O) groups excluding carboxylic acids is 1. The monoisotopic (exact) mass is 397 g/mol. The van der Waals surface area contributed by atoms with Crippen LogP contribution in [0.15, 0.2) is 34.7 Å². The predicted octanol–water partition coefficient (Wildman–Crippen LogP) is 3.04. The Balaban J connectivity index is 1.60. The van der Waals surface area contributed by atoms with Crippen LogP contribution in [0.1, 0.15) is 24.0 Å². The number of thiophene rings is 1. The van der Waals surface area contributed by atoms with Gasteiger partial charge in [0.2, 0.25) is 5.91 Å². The van der Waals surface area contributed by atoms with E-state index in [1.54, 1.807) is 0 Å². The van der Waals surface area contributed by atoms with E-state index < -0.39 is 0 Å². The molecule has 1 N–H and O–H groups in total. The van der Waals surface area contributed by atoms with E-state index in [9.17, 15) is 9.59 Å². The fourth-order valence-corrected chi connectivity index (χ4v) is 4.35. The van der Waals surface area contributed by atoms with Crippen LogP contribution in [-0.2, 0) is 16.1 Å². The van der Waals surface area contributed by atoms with E-state index in [2.05, 4.69) is 36.3 Å². The average Bonchev–Trinajstić information content (AvgIpc) is 3.34. The van der Waals surface area contributed by atoms with Crippen molar-refractivity contribution in [2.75, 3.05) is 13.2 Å². The molecule has 2 aromatic heterocycles. The Labute approximate surface area is 167 Å². The predicted molar refractivity (Wildman–Crippen MR) is 111 cm³/mol. The summed E-state index contributed by atoms with van der Waals surface area (Å²) in [5.74, 6) is -0.207. The highest BCUT2D eigenvalue weighted by Crippen LogP contribution is 2.31. The van der Waals surface area contributed by atoms with Gasteiger partial charge >= 0.3 is 0 Å². The van der Waals surface area contributed by atoms with Gasteiger partial charge in [-0.3, -0.25) is 14.2 Å². The molecule has 146 valence electrons. The Hall–Kier alpha value is -2.51. The maximum absolute atomic E-state index is 13.1. The van der Waals surface area contributed by atoms with Gasteiger partial charge in [-0.05, 0) is 43.4 Å². The minimum atomic E-state index is -0.207. The van der Waals surface area contributed by atoms with Crippen molar-refractivity contribution in [3.05, 3.63) is 51.4 Å². The number of ether oxygens (including phenoxy) is 1. The molecule has 0 saturated carbocycles. The molecule has 0 aliphatic carbocycles. The van der Waals surface area contributed by atoms with Gasteiger partial charge in [-0.15, -0.1) is 11.3 Å². The number of nitrogens with one attached hydrogen (secondary N) is 1. The zero-order valence-corrected chi connectivity index (χ0v) is 16.8. The third-order valence-corrected chi connectivity index (χ3v) is 6.13. The van der Waals surface area contributed by atoms with Crippen LogP contribution in [0.3, 0.4) is 0 Å². The summed E-state index contributed by atoms with van der Waals surface area (Å²) in [6.45, 7) is 5.31. The van der Waals surface area contributed by atoms with Gasteiger partial charge in [0.15, 0.2) is 0 Å². The van der Waals surface area contributed by atoms with Crippen LogP contribution in [0.4, 0.5) is 0 Å². The maximum Gasteiger partial charge on any atom is 0.263 e. The molecule has 1 aliphatic rings. The number of hydrogen-bond donors (Lipinski definition) is 1. The summed E-state index contributed by atoms with van der Waals surface area (Å²) in [5, 5.41) is 5.39. The summed E-state index contributed by atoms with van der Waals surface area (Å²) in [6.07, 6.45) is 3.52. The smallest absolute Gasteiger partial charge is 0.263 e. The molecular weight excluding hydrogens is 374 g/mol. The van der Waals surface area contributed by atoms with Crippen molar-refractivity contribution in [2.45, 2.75) is 39.3 Å². The van der Waals surface area contributed by atoms with Crippen LogP contribution >= 0.6 is 11.3 Å². The maximum atomic E-state index is 13.1. The molecule has 1 unspecified atom stereocenters. The van der Waals surface area contributed by atoms with E-state index >= 15 is 0 Å². The number of aromatic nitrogens is 2. The first kappa shape index (κ1) is 18.8. The molecule has 7 heteroatoms. The number of nitrogens with zero attached hydrogens (tertiary/aromatic N) is 2. The highest BCUT2D eigenvalue weighted by Gasteiger charge is 2.18. The second-order valence-electron chi connectivity index (χ2n) is 7.25. The van der Waals surface area contributed by atoms with Crippen LogP contribution in [-0.4, -0.2) is 34.7 Å². The fourth-order valence-electron chi connectivity index (χ4n) is 3.45. The molecule has 1 fully saturated rings. The minimum Gasteiger partial charge on any atom is -0.376 e. The summed E-state index contributed by atoms with van der Waals surface area (Å²) in [4.78, 5) is 30.4. The van der Waals surface area contributed by atoms with Crippen LogP contribution in [0, 0.1) is 13.8 Å². The van der Waals surface area contributed by atoms with Crippen LogP contribution < -0.4 is 10.9 Å². The lowest BCUT2D eigenvalue weighted by Gasteiger charge is -2.11. The normalized spacial score (nSPS) is 16.6. The Kier molecular flexibility index (Phi) is 5.28. The van der Waals surface area contributed by atoms with Gasteiger partial charge in [0.25, 0.3) is 5.56 Å². The second-order valence-corrected chi connectivity index (χ2v) is 8.10. The van der Waals surface area contributed by atoms with Gasteiger partial charge in [-0.2, -0.15) is 0 Å². The van der Waals surface area contributed by atoms with E-state index in [-0.39, 0.29) is 24.1 Å². The summed E-state index contributed by atoms with van der Waals surface area (Å²) < 4.78 is 6.89. The first-order chi connectivity index (χ1) is 13.5. The van der Waals surface area contributed by atoms with Crippen molar-refractivity contribution in [1.82, 2.24) is 14.9 Å². The highest BCUT2D eigenvalue weighted by atomic mass is 32.1. The molecule has 1 aromatic carbocycles. The van der Waals surface area contributed by atoms with E-state index in [0.29, 0.717) is 16.8 Å². The molecule has 6 nitrogen and oxygen atoms in total. The van der Waals surface area contributed by atoms with Gasteiger partial charge in [-0.1, -0.05) is 18.2 Å². The molecule has 3 heterocycles. The van der Waals surface area contributed by atoms with Crippen molar-refractivity contribution in [2.24, 2.45) is 0 Å². The second kappa shape index (κ2) is 7.85. The van der Waals surface area contributed by atoms with Gasteiger partial charge in [0.05, 0.1) is 17.8 Å². The summed E-state index contributed by atoms with van der Waals surface area (Å²) in [6, 6.07) is 6.17. The number of hydrogen-bond acceptors (Lipinski definition) is 5. The zero-order chi connectivity index (χ0) is 19.7. The Bertz CT molecular complexity index is 1080. The van der Waals surface area contributed by atoms with E-state index in [1.165, 1.54) is 33.4 Å². The molecule has 0 spiro atoms. The third kappa shape index (κ3) is 3.72. The largest absolute Gasteiger partial charge is 0.376 e. The van der Waals surface area contributed by atoms with Gasteiger partial charge in [0, 0.05) is 24.1 Å². The van der Waals surface area contributed by atoms with E-state index in [4.69, 9.17) is 4.74 Å². The number of benzene rings is 1. The Morgan fingerprint density at radius 2 is 2.21 bits per heavy atom. The Morgan fingerprint density at radius 1 is 1.36 bits per heavy atom. The van der Waals surface area contributed by atoms with Crippen molar-refractivity contribution >= 4 is 27.5 Å². The summed E-state index contributed by atoms with van der Waals surface area (Å²) in [7, 11) is 0. The first-order valence-corrected chi connectivity index (χ1v) is 10.3. The molecule has 1 aliphatic heterocycles. The number of fused-ring (bicyclic) bond motifs is 1. The number of carbonyl (C=O) groups is 1. The van der Waals surface area contributed by atoms with Crippen molar-refractivity contribution in [3.8, 4) is 11.1 Å². The fraction of sp³-hybridized carbons (Fsp3) is 0.381. The van der Waals surface area contributed by atoms with Crippen LogP contribution in [0.2, 0.25) is 0 Å². The molecular formula is C21H23N3O3S. The third-order valence-electron chi connectivity index (χ3n) is 5.24. The van der Waals surface area contributed by atoms with E-state index in [0.717, 1.165) is 30.6 Å². The molecule has 1 saturated heterocycles. The number of aryl methyl sites for hydroxylation is 2. The molecule has 0 radical (unpaired) electrons. The molecule has 1 amide bonds. The lowest BCUT2D eigenvalue weighted by Crippen LogP contribution is -2.36. The standard InChI is InChI=1S/C21H23N3O3S/c1-13-5-6-15(8-14(13)2)17-11-28-20-19(17)21(26)24(12-23-20)10-18(25)22-9-16-4-3-7-27-16/h5-6,8,11-12,16H,3-4,7,9-10H2,1-2H3,(H,22,25). The highest BCUT2D eigenvalue weighted by molar-refractivity contribution is 7.17. The SMILES string of the molecule is Cc1ccc(-c2csc3ncn(CC(=O)NCC4CCCO4)c(=O)c23)cc1C. The van der Waals surface area contributed by atoms with Crippen molar-refractivity contribution in [3.63, 3.8) is 0 Å². The van der Waals surface area contributed by atoms with E-state index in [1.807, 2.05) is 11.4 Å². The topological polar surface area (TPSA) is 73.2 Å². The average molecular weight is 398 g/mol. The van der Waals surface area contributed by atoms with Gasteiger partial charge in [0.1, 0.15) is 11.4 Å². The van der Waals surface area contributed by atoms with Crippen molar-refractivity contribution < 1.29 is 9.53 Å². The van der Waals surface area contributed by atoms with Crippen LogP contribution in [0.5, 0.6) is 0 Å². The lowest BCUT2D eigenvalue weighted by molar-refractivity contribution is -0.122. The lowest BCUT2D eigenvalue weighted by atomic mass is 10.0. The molecule has 4 rings (SSSR count). The summed E-state index contributed by atoms with van der Waals surface area (Å²) >= 11 is 1.45. The number of rotatable bonds is 5. The quantitative estimate of drug-likeness (QED) is 0.718. The summed E-state index contributed by atoms with van der Waals surface area (Å²) in [5.41, 5.74) is 4.06. The zero-order valence-electron chi connectivity index (χ0n) is 16.0. The minimum absolute atomic E-state index is 0.0449.